The number of aliphatic imine (C=N–C) groups is 1. The molecule has 1 aliphatic rings. The van der Waals surface area contributed by atoms with Crippen LogP contribution in [0.15, 0.2) is 58.4 Å². The minimum Gasteiger partial charge on any atom is -0.497 e. The Morgan fingerprint density at radius 1 is 1.00 bits per heavy atom. The number of rotatable bonds is 7. The van der Waals surface area contributed by atoms with Crippen LogP contribution in [0.25, 0.3) is 0 Å². The molecule has 1 fully saturated rings. The molecular weight excluding hydrogens is 400 g/mol. The molecule has 2 N–H and O–H groups in total. The minimum absolute atomic E-state index is 0.366. The van der Waals surface area contributed by atoms with Gasteiger partial charge in [-0.05, 0) is 42.2 Å². The van der Waals surface area contributed by atoms with Gasteiger partial charge in [-0.15, -0.1) is 0 Å². The zero-order valence-corrected chi connectivity index (χ0v) is 18.4. The summed E-state index contributed by atoms with van der Waals surface area (Å²) in [6, 6.07) is 15.0. The van der Waals surface area contributed by atoms with Crippen LogP contribution in [0.5, 0.6) is 5.75 Å². The van der Waals surface area contributed by atoms with Gasteiger partial charge in [0.05, 0.1) is 12.0 Å². The molecule has 3 rings (SSSR count). The lowest BCUT2D eigenvalue weighted by Gasteiger charge is -2.27. The van der Waals surface area contributed by atoms with E-state index in [1.54, 1.807) is 30.6 Å². The molecule has 0 bridgehead atoms. The molecule has 0 atom stereocenters. The second kappa shape index (κ2) is 10.4. The molecule has 1 aliphatic heterocycles. The van der Waals surface area contributed by atoms with Gasteiger partial charge in [0, 0.05) is 33.2 Å². The Bertz CT molecular complexity index is 953. The molecule has 0 amide bonds. The monoisotopic (exact) mass is 430 g/mol. The van der Waals surface area contributed by atoms with E-state index in [1.807, 2.05) is 36.4 Å². The van der Waals surface area contributed by atoms with Gasteiger partial charge in [0.25, 0.3) is 0 Å². The normalized spacial score (nSPS) is 15.6. The number of benzene rings is 2. The summed E-state index contributed by atoms with van der Waals surface area (Å²) in [5.74, 6) is 1.42. The minimum atomic E-state index is -3.49. The van der Waals surface area contributed by atoms with Crippen LogP contribution in [-0.4, -0.2) is 45.9 Å². The first-order valence-corrected chi connectivity index (χ1v) is 11.6. The van der Waals surface area contributed by atoms with Crippen molar-refractivity contribution in [3.63, 3.8) is 0 Å². The van der Waals surface area contributed by atoms with E-state index < -0.39 is 10.0 Å². The van der Waals surface area contributed by atoms with E-state index in [2.05, 4.69) is 15.6 Å². The summed E-state index contributed by atoms with van der Waals surface area (Å²) in [6.07, 6.45) is 2.93. The number of piperidine rings is 1. The van der Waals surface area contributed by atoms with E-state index in [-0.39, 0.29) is 0 Å². The molecule has 0 unspecified atom stereocenters. The van der Waals surface area contributed by atoms with Crippen molar-refractivity contribution in [3.8, 4) is 5.75 Å². The summed E-state index contributed by atoms with van der Waals surface area (Å²) in [5, 5.41) is 6.48. The average Bonchev–Trinajstić information content (AvgIpc) is 2.80. The molecule has 1 heterocycles. The first-order chi connectivity index (χ1) is 14.5. The third kappa shape index (κ3) is 5.52. The van der Waals surface area contributed by atoms with Gasteiger partial charge >= 0.3 is 0 Å². The van der Waals surface area contributed by atoms with Crippen LogP contribution in [0.4, 0.5) is 0 Å². The number of sulfonamides is 1. The third-order valence-corrected chi connectivity index (χ3v) is 7.19. The predicted molar refractivity (Wildman–Crippen MR) is 119 cm³/mol. The van der Waals surface area contributed by atoms with Crippen molar-refractivity contribution in [2.45, 2.75) is 37.2 Å². The number of hydrogen-bond donors (Lipinski definition) is 2. The number of ether oxygens (including phenoxy) is 1. The predicted octanol–water partition coefficient (Wildman–Crippen LogP) is 2.74. The molecular formula is C22H30N4O3S. The molecule has 0 spiro atoms. The van der Waals surface area contributed by atoms with Crippen molar-refractivity contribution in [1.29, 1.82) is 0 Å². The Labute approximate surface area is 179 Å². The highest BCUT2D eigenvalue weighted by Crippen LogP contribution is 2.23. The smallest absolute Gasteiger partial charge is 0.243 e. The van der Waals surface area contributed by atoms with Crippen molar-refractivity contribution in [2.75, 3.05) is 27.2 Å². The standard InChI is InChI=1S/C22H30N4O3S/c1-23-22(24-16-18-10-12-20(29-2)13-11-18)25-17-19-8-4-5-9-21(19)30(27,28)26-14-6-3-7-15-26/h4-5,8-13H,3,6-7,14-17H2,1-2H3,(H2,23,24,25). The van der Waals surface area contributed by atoms with Crippen LogP contribution < -0.4 is 15.4 Å². The molecule has 1 saturated heterocycles. The largest absolute Gasteiger partial charge is 0.497 e. The maximum absolute atomic E-state index is 13.1. The lowest BCUT2D eigenvalue weighted by atomic mass is 10.2. The zero-order chi connectivity index (χ0) is 21.4. The summed E-state index contributed by atoms with van der Waals surface area (Å²) in [4.78, 5) is 4.61. The molecule has 0 aliphatic carbocycles. The quantitative estimate of drug-likeness (QED) is 0.521. The van der Waals surface area contributed by atoms with Gasteiger partial charge in [-0.1, -0.05) is 36.8 Å². The van der Waals surface area contributed by atoms with Crippen LogP contribution in [0.1, 0.15) is 30.4 Å². The topological polar surface area (TPSA) is 83.0 Å². The Kier molecular flexibility index (Phi) is 7.70. The maximum atomic E-state index is 13.1. The summed E-state index contributed by atoms with van der Waals surface area (Å²) in [7, 11) is -0.153. The molecule has 2 aromatic carbocycles. The summed E-state index contributed by atoms with van der Waals surface area (Å²) in [6.45, 7) is 2.15. The van der Waals surface area contributed by atoms with Crippen LogP contribution in [0.3, 0.4) is 0 Å². The highest BCUT2D eigenvalue weighted by Gasteiger charge is 2.27. The molecule has 2 aromatic rings. The van der Waals surface area contributed by atoms with Gasteiger partial charge in [-0.25, -0.2) is 8.42 Å². The maximum Gasteiger partial charge on any atom is 0.243 e. The van der Waals surface area contributed by atoms with Crippen LogP contribution in [0, 0.1) is 0 Å². The van der Waals surface area contributed by atoms with Crippen LogP contribution >= 0.6 is 0 Å². The average molecular weight is 431 g/mol. The van der Waals surface area contributed by atoms with Crippen LogP contribution in [-0.2, 0) is 23.1 Å². The summed E-state index contributed by atoms with van der Waals surface area (Å²) in [5.41, 5.74) is 1.82. The number of guanidine groups is 1. The number of hydrogen-bond acceptors (Lipinski definition) is 4. The lowest BCUT2D eigenvalue weighted by Crippen LogP contribution is -2.38. The van der Waals surface area contributed by atoms with Gasteiger partial charge in [-0.3, -0.25) is 4.99 Å². The van der Waals surface area contributed by atoms with Gasteiger partial charge in [0.15, 0.2) is 5.96 Å². The number of nitrogens with one attached hydrogen (secondary N) is 2. The first-order valence-electron chi connectivity index (χ1n) is 10.2. The second-order valence-electron chi connectivity index (χ2n) is 7.20. The van der Waals surface area contributed by atoms with E-state index in [1.165, 1.54) is 0 Å². The molecule has 30 heavy (non-hydrogen) atoms. The van der Waals surface area contributed by atoms with Gasteiger partial charge < -0.3 is 15.4 Å². The molecule has 0 radical (unpaired) electrons. The Morgan fingerprint density at radius 2 is 1.67 bits per heavy atom. The van der Waals surface area contributed by atoms with E-state index in [0.717, 1.165) is 36.1 Å². The Hall–Kier alpha value is -2.58. The van der Waals surface area contributed by atoms with E-state index in [9.17, 15) is 8.42 Å². The highest BCUT2D eigenvalue weighted by molar-refractivity contribution is 7.89. The first kappa shape index (κ1) is 22.1. The Balaban J connectivity index is 1.64. The van der Waals surface area contributed by atoms with Gasteiger partial charge in [0.2, 0.25) is 10.0 Å². The molecule has 0 saturated carbocycles. The molecule has 8 heteroatoms. The SMILES string of the molecule is CN=C(NCc1ccc(OC)cc1)NCc1ccccc1S(=O)(=O)N1CCCCC1. The highest BCUT2D eigenvalue weighted by atomic mass is 32.2. The van der Waals surface area contributed by atoms with E-state index >= 15 is 0 Å². The van der Waals surface area contributed by atoms with E-state index in [0.29, 0.717) is 37.0 Å². The van der Waals surface area contributed by atoms with Crippen molar-refractivity contribution in [2.24, 2.45) is 4.99 Å². The third-order valence-electron chi connectivity index (χ3n) is 5.19. The van der Waals surface area contributed by atoms with Crippen molar-refractivity contribution in [3.05, 3.63) is 59.7 Å². The molecule has 162 valence electrons. The van der Waals surface area contributed by atoms with Crippen molar-refractivity contribution < 1.29 is 13.2 Å². The van der Waals surface area contributed by atoms with E-state index in [4.69, 9.17) is 4.74 Å². The number of nitrogens with zero attached hydrogens (tertiary/aromatic N) is 2. The summed E-state index contributed by atoms with van der Waals surface area (Å²) < 4.78 is 33.0. The number of methoxy groups -OCH3 is 1. The molecule has 0 aromatic heterocycles. The summed E-state index contributed by atoms with van der Waals surface area (Å²) >= 11 is 0. The fraction of sp³-hybridized carbons (Fsp3) is 0.409. The Morgan fingerprint density at radius 3 is 2.33 bits per heavy atom. The van der Waals surface area contributed by atoms with Gasteiger partial charge in [-0.2, -0.15) is 4.31 Å². The zero-order valence-electron chi connectivity index (χ0n) is 17.6. The van der Waals surface area contributed by atoms with Crippen molar-refractivity contribution in [1.82, 2.24) is 14.9 Å². The molecule has 7 nitrogen and oxygen atoms in total. The van der Waals surface area contributed by atoms with Crippen LogP contribution in [0.2, 0.25) is 0 Å². The second-order valence-corrected chi connectivity index (χ2v) is 9.11. The lowest BCUT2D eigenvalue weighted by molar-refractivity contribution is 0.346. The van der Waals surface area contributed by atoms with Crippen molar-refractivity contribution >= 4 is 16.0 Å². The fourth-order valence-corrected chi connectivity index (χ4v) is 5.21. The fourth-order valence-electron chi connectivity index (χ4n) is 3.47. The van der Waals surface area contributed by atoms with Gasteiger partial charge in [0.1, 0.15) is 5.75 Å².